The number of nitrogens with zero attached hydrogens (tertiary/aromatic N) is 2. The van der Waals surface area contributed by atoms with Gasteiger partial charge in [-0.25, -0.2) is 0 Å². The molecule has 15 heavy (non-hydrogen) atoms. The van der Waals surface area contributed by atoms with Gasteiger partial charge >= 0.3 is 0 Å². The second-order valence-electron chi connectivity index (χ2n) is 2.70. The third-order valence-electron chi connectivity index (χ3n) is 1.64. The summed E-state index contributed by atoms with van der Waals surface area (Å²) in [5, 5.41) is 11.9. The first-order valence-electron chi connectivity index (χ1n) is 4.09. The van der Waals surface area contributed by atoms with E-state index in [1.807, 2.05) is 11.4 Å². The van der Waals surface area contributed by atoms with Crippen molar-refractivity contribution < 1.29 is 4.79 Å². The van der Waals surface area contributed by atoms with Gasteiger partial charge in [-0.15, -0.1) is 16.4 Å². The molecule has 2 aromatic rings. The van der Waals surface area contributed by atoms with E-state index in [1.165, 1.54) is 11.3 Å². The van der Waals surface area contributed by atoms with Crippen molar-refractivity contribution in [3.8, 4) is 0 Å². The number of nitrogens with one attached hydrogen (secondary N) is 1. The van der Waals surface area contributed by atoms with Gasteiger partial charge in [0.2, 0.25) is 0 Å². The van der Waals surface area contributed by atoms with Crippen LogP contribution in [0.2, 0.25) is 0 Å². The Bertz CT molecular complexity index is 471. The van der Waals surface area contributed by atoms with Crippen LogP contribution >= 0.6 is 33.9 Å². The standard InChI is InChI=1S/C9H6IN3OS/c10-7-4-6(5-15-7)9(14)12-8-2-1-3-11-13-8/h1-5H,(H,12,13,14). The normalized spacial score (nSPS) is 9.93. The molecule has 0 aliphatic carbocycles. The highest BCUT2D eigenvalue weighted by Crippen LogP contribution is 2.17. The maximum absolute atomic E-state index is 11.7. The van der Waals surface area contributed by atoms with Crippen molar-refractivity contribution in [1.82, 2.24) is 10.2 Å². The molecule has 76 valence electrons. The van der Waals surface area contributed by atoms with Gasteiger partial charge in [-0.3, -0.25) is 4.79 Å². The monoisotopic (exact) mass is 331 g/mol. The molecule has 1 amide bonds. The molecule has 0 saturated heterocycles. The topological polar surface area (TPSA) is 54.9 Å². The van der Waals surface area contributed by atoms with Crippen LogP contribution in [-0.4, -0.2) is 16.1 Å². The Morgan fingerprint density at radius 2 is 2.40 bits per heavy atom. The van der Waals surface area contributed by atoms with E-state index in [4.69, 9.17) is 0 Å². The highest BCUT2D eigenvalue weighted by atomic mass is 127. The first-order valence-corrected chi connectivity index (χ1v) is 6.04. The molecular formula is C9H6IN3OS. The Kier molecular flexibility index (Phi) is 3.27. The van der Waals surface area contributed by atoms with E-state index in [9.17, 15) is 4.79 Å². The van der Waals surface area contributed by atoms with E-state index in [-0.39, 0.29) is 5.91 Å². The molecule has 0 spiro atoms. The SMILES string of the molecule is O=C(Nc1cccnn1)c1csc(I)c1. The number of carbonyl (C=O) groups is 1. The van der Waals surface area contributed by atoms with Crippen LogP contribution in [0.4, 0.5) is 5.82 Å². The number of amides is 1. The van der Waals surface area contributed by atoms with Crippen LogP contribution < -0.4 is 5.32 Å². The highest BCUT2D eigenvalue weighted by molar-refractivity contribution is 14.1. The van der Waals surface area contributed by atoms with E-state index < -0.39 is 0 Å². The third-order valence-corrected chi connectivity index (χ3v) is 3.43. The number of aromatic nitrogens is 2. The molecule has 6 heteroatoms. The van der Waals surface area contributed by atoms with E-state index in [0.29, 0.717) is 11.4 Å². The van der Waals surface area contributed by atoms with Crippen molar-refractivity contribution in [3.63, 3.8) is 0 Å². The van der Waals surface area contributed by atoms with E-state index >= 15 is 0 Å². The number of rotatable bonds is 2. The molecule has 0 unspecified atom stereocenters. The fourth-order valence-corrected chi connectivity index (χ4v) is 2.31. The van der Waals surface area contributed by atoms with Gasteiger partial charge in [0.15, 0.2) is 5.82 Å². The van der Waals surface area contributed by atoms with E-state index in [0.717, 1.165) is 2.88 Å². The Labute approximate surface area is 104 Å². The van der Waals surface area contributed by atoms with Gasteiger partial charge in [0, 0.05) is 11.6 Å². The van der Waals surface area contributed by atoms with Crippen molar-refractivity contribution in [2.24, 2.45) is 0 Å². The minimum atomic E-state index is -0.158. The van der Waals surface area contributed by atoms with Crippen LogP contribution in [-0.2, 0) is 0 Å². The number of thiophene rings is 1. The predicted molar refractivity (Wildman–Crippen MR) is 67.0 cm³/mol. The molecule has 2 heterocycles. The summed E-state index contributed by atoms with van der Waals surface area (Å²) < 4.78 is 1.08. The van der Waals surface area contributed by atoms with Gasteiger partial charge in [-0.05, 0) is 40.8 Å². The third kappa shape index (κ3) is 2.72. The first kappa shape index (κ1) is 10.5. The fourth-order valence-electron chi connectivity index (χ4n) is 0.986. The molecule has 2 aromatic heterocycles. The molecule has 0 radical (unpaired) electrons. The second-order valence-corrected chi connectivity index (χ2v) is 5.51. The molecule has 0 aromatic carbocycles. The van der Waals surface area contributed by atoms with Gasteiger partial charge in [-0.2, -0.15) is 5.10 Å². The summed E-state index contributed by atoms with van der Waals surface area (Å²) in [5.74, 6) is 0.304. The summed E-state index contributed by atoms with van der Waals surface area (Å²) in [5.41, 5.74) is 0.648. The van der Waals surface area contributed by atoms with Crippen molar-refractivity contribution >= 4 is 45.7 Å². The maximum atomic E-state index is 11.7. The van der Waals surface area contributed by atoms with Crippen LogP contribution in [0.5, 0.6) is 0 Å². The summed E-state index contributed by atoms with van der Waals surface area (Å²) in [7, 11) is 0. The smallest absolute Gasteiger partial charge is 0.257 e. The molecule has 0 atom stereocenters. The maximum Gasteiger partial charge on any atom is 0.257 e. The lowest BCUT2D eigenvalue weighted by Crippen LogP contribution is -2.12. The molecule has 0 aliphatic rings. The van der Waals surface area contributed by atoms with Gasteiger partial charge in [0.05, 0.1) is 8.45 Å². The fraction of sp³-hybridized carbons (Fsp3) is 0. The molecule has 2 rings (SSSR count). The Hall–Kier alpha value is -1.02. The lowest BCUT2D eigenvalue weighted by Gasteiger charge is -2.00. The zero-order valence-corrected chi connectivity index (χ0v) is 10.4. The Morgan fingerprint density at radius 1 is 1.53 bits per heavy atom. The Morgan fingerprint density at radius 3 is 3.00 bits per heavy atom. The van der Waals surface area contributed by atoms with Crippen LogP contribution in [0.15, 0.2) is 29.8 Å². The first-order chi connectivity index (χ1) is 7.25. The Balaban J connectivity index is 2.11. The number of hydrogen-bond acceptors (Lipinski definition) is 4. The average molecular weight is 331 g/mol. The van der Waals surface area contributed by atoms with E-state index in [2.05, 4.69) is 38.1 Å². The highest BCUT2D eigenvalue weighted by Gasteiger charge is 2.08. The number of hydrogen-bond donors (Lipinski definition) is 1. The average Bonchev–Trinajstić information content (AvgIpc) is 2.66. The molecule has 0 aliphatic heterocycles. The largest absolute Gasteiger partial charge is 0.305 e. The molecule has 0 saturated carbocycles. The lowest BCUT2D eigenvalue weighted by molar-refractivity contribution is 0.102. The molecule has 0 fully saturated rings. The molecule has 1 N–H and O–H groups in total. The van der Waals surface area contributed by atoms with Crippen molar-refractivity contribution in [2.45, 2.75) is 0 Å². The number of carbonyl (C=O) groups excluding carboxylic acids is 1. The zero-order valence-electron chi connectivity index (χ0n) is 7.48. The minimum absolute atomic E-state index is 0.158. The molecule has 4 nitrogen and oxygen atoms in total. The van der Waals surface area contributed by atoms with Crippen LogP contribution in [0.3, 0.4) is 0 Å². The van der Waals surface area contributed by atoms with Crippen molar-refractivity contribution in [3.05, 3.63) is 38.2 Å². The second kappa shape index (κ2) is 4.67. The quantitative estimate of drug-likeness (QED) is 0.860. The summed E-state index contributed by atoms with van der Waals surface area (Å²) in [4.78, 5) is 11.7. The van der Waals surface area contributed by atoms with Crippen LogP contribution in [0.25, 0.3) is 0 Å². The molecule has 0 bridgehead atoms. The lowest BCUT2D eigenvalue weighted by atomic mass is 10.3. The predicted octanol–water partition coefficient (Wildman–Crippen LogP) is 2.40. The number of anilines is 1. The van der Waals surface area contributed by atoms with Crippen LogP contribution in [0.1, 0.15) is 10.4 Å². The number of halogens is 1. The summed E-state index contributed by atoms with van der Waals surface area (Å²) >= 11 is 3.71. The summed E-state index contributed by atoms with van der Waals surface area (Å²) in [6, 6.07) is 5.25. The van der Waals surface area contributed by atoms with Gasteiger partial charge in [0.1, 0.15) is 0 Å². The van der Waals surface area contributed by atoms with Gasteiger partial charge in [0.25, 0.3) is 5.91 Å². The zero-order chi connectivity index (χ0) is 10.7. The summed E-state index contributed by atoms with van der Waals surface area (Å²) in [6.07, 6.45) is 1.56. The van der Waals surface area contributed by atoms with Gasteiger partial charge < -0.3 is 5.32 Å². The van der Waals surface area contributed by atoms with Crippen LogP contribution in [0, 0.1) is 2.88 Å². The van der Waals surface area contributed by atoms with Crippen molar-refractivity contribution in [2.75, 3.05) is 5.32 Å². The van der Waals surface area contributed by atoms with Crippen molar-refractivity contribution in [1.29, 1.82) is 0 Å². The summed E-state index contributed by atoms with van der Waals surface area (Å²) in [6.45, 7) is 0. The van der Waals surface area contributed by atoms with E-state index in [1.54, 1.807) is 18.3 Å². The minimum Gasteiger partial charge on any atom is -0.305 e. The van der Waals surface area contributed by atoms with Gasteiger partial charge in [-0.1, -0.05) is 0 Å². The molecular weight excluding hydrogens is 325 g/mol.